The van der Waals surface area contributed by atoms with Crippen molar-refractivity contribution in [2.75, 3.05) is 19.7 Å². The smallest absolute Gasteiger partial charge is 0.246 e. The fraction of sp³-hybridized carbons (Fsp3) is 0.875. The van der Waals surface area contributed by atoms with Crippen molar-refractivity contribution >= 4 is 5.91 Å². The average molecular weight is 172 g/mol. The van der Waals surface area contributed by atoms with Gasteiger partial charge in [0.25, 0.3) is 0 Å². The minimum atomic E-state index is 0.0848. The van der Waals surface area contributed by atoms with Crippen molar-refractivity contribution in [3.63, 3.8) is 0 Å². The van der Waals surface area contributed by atoms with Gasteiger partial charge in [-0.2, -0.15) is 0 Å². The summed E-state index contributed by atoms with van der Waals surface area (Å²) < 4.78 is 0. The third-order valence-electron chi connectivity index (χ3n) is 1.94. The van der Waals surface area contributed by atoms with Gasteiger partial charge in [0.1, 0.15) is 0 Å². The van der Waals surface area contributed by atoms with Gasteiger partial charge in [-0.05, 0) is 18.9 Å². The standard InChI is InChI=1S/C8H16N2O2/c1-7(5-9)6-10-8(11)3-2-4-12-10/h7H,2-6,9H2,1H3. The monoisotopic (exact) mass is 172 g/mol. The molecule has 2 N–H and O–H groups in total. The van der Waals surface area contributed by atoms with Gasteiger partial charge in [0.15, 0.2) is 0 Å². The van der Waals surface area contributed by atoms with Gasteiger partial charge in [-0.1, -0.05) is 6.92 Å². The quantitative estimate of drug-likeness (QED) is 0.658. The van der Waals surface area contributed by atoms with Gasteiger partial charge in [0.2, 0.25) is 5.91 Å². The van der Waals surface area contributed by atoms with Gasteiger partial charge in [-0.15, -0.1) is 0 Å². The molecular weight excluding hydrogens is 156 g/mol. The third-order valence-corrected chi connectivity index (χ3v) is 1.94. The van der Waals surface area contributed by atoms with Crippen molar-refractivity contribution in [1.29, 1.82) is 0 Å². The van der Waals surface area contributed by atoms with Crippen LogP contribution in [0.3, 0.4) is 0 Å². The van der Waals surface area contributed by atoms with Crippen LogP contribution in [0.4, 0.5) is 0 Å². The maximum Gasteiger partial charge on any atom is 0.246 e. The Bertz CT molecular complexity index is 161. The summed E-state index contributed by atoms with van der Waals surface area (Å²) in [6.07, 6.45) is 1.45. The van der Waals surface area contributed by atoms with Crippen LogP contribution in [-0.2, 0) is 9.63 Å². The lowest BCUT2D eigenvalue weighted by atomic mass is 10.1. The van der Waals surface area contributed by atoms with E-state index in [1.54, 1.807) is 0 Å². The van der Waals surface area contributed by atoms with Gasteiger partial charge >= 0.3 is 0 Å². The largest absolute Gasteiger partial charge is 0.330 e. The molecule has 0 radical (unpaired) electrons. The Labute approximate surface area is 72.6 Å². The van der Waals surface area contributed by atoms with Crippen molar-refractivity contribution < 1.29 is 9.63 Å². The van der Waals surface area contributed by atoms with Gasteiger partial charge in [-0.25, -0.2) is 5.06 Å². The van der Waals surface area contributed by atoms with E-state index in [4.69, 9.17) is 10.6 Å². The van der Waals surface area contributed by atoms with Crippen LogP contribution in [0.1, 0.15) is 19.8 Å². The number of carbonyl (C=O) groups is 1. The molecule has 0 aromatic rings. The molecule has 0 saturated carbocycles. The molecule has 4 nitrogen and oxygen atoms in total. The highest BCUT2D eigenvalue weighted by Crippen LogP contribution is 2.09. The summed E-state index contributed by atoms with van der Waals surface area (Å²) >= 11 is 0. The van der Waals surface area contributed by atoms with Crippen molar-refractivity contribution in [3.8, 4) is 0 Å². The number of nitrogens with zero attached hydrogens (tertiary/aromatic N) is 1. The Hall–Kier alpha value is -0.610. The maximum absolute atomic E-state index is 11.2. The lowest BCUT2D eigenvalue weighted by Crippen LogP contribution is -2.39. The molecule has 12 heavy (non-hydrogen) atoms. The molecule has 4 heteroatoms. The first-order chi connectivity index (χ1) is 5.74. The zero-order valence-corrected chi connectivity index (χ0v) is 7.45. The van der Waals surface area contributed by atoms with E-state index in [0.29, 0.717) is 32.0 Å². The van der Waals surface area contributed by atoms with E-state index in [1.807, 2.05) is 6.92 Å². The van der Waals surface area contributed by atoms with Gasteiger partial charge in [0, 0.05) is 6.42 Å². The van der Waals surface area contributed by atoms with E-state index in [0.717, 1.165) is 6.42 Å². The van der Waals surface area contributed by atoms with E-state index >= 15 is 0 Å². The van der Waals surface area contributed by atoms with Gasteiger partial charge < -0.3 is 5.73 Å². The Morgan fingerprint density at radius 3 is 3.08 bits per heavy atom. The number of hydrogen-bond acceptors (Lipinski definition) is 3. The van der Waals surface area contributed by atoms with Crippen LogP contribution in [0.15, 0.2) is 0 Å². The van der Waals surface area contributed by atoms with E-state index in [2.05, 4.69) is 0 Å². The molecule has 1 amide bonds. The minimum absolute atomic E-state index is 0.0848. The molecule has 0 aromatic heterocycles. The first kappa shape index (κ1) is 9.48. The molecule has 1 unspecified atom stereocenters. The summed E-state index contributed by atoms with van der Waals surface area (Å²) in [7, 11) is 0. The molecule has 1 atom stereocenters. The Morgan fingerprint density at radius 1 is 1.75 bits per heavy atom. The SMILES string of the molecule is CC(CN)CN1OCCCC1=O. The van der Waals surface area contributed by atoms with E-state index in [9.17, 15) is 4.79 Å². The normalized spacial score (nSPS) is 21.2. The summed E-state index contributed by atoms with van der Waals surface area (Å²) in [5.74, 6) is 0.397. The molecular formula is C8H16N2O2. The second kappa shape index (κ2) is 4.42. The molecule has 0 bridgehead atoms. The Kier molecular flexibility index (Phi) is 3.49. The highest BCUT2D eigenvalue weighted by Gasteiger charge is 2.20. The van der Waals surface area contributed by atoms with Crippen LogP contribution in [-0.4, -0.2) is 30.7 Å². The van der Waals surface area contributed by atoms with E-state index in [1.165, 1.54) is 5.06 Å². The topological polar surface area (TPSA) is 55.6 Å². The van der Waals surface area contributed by atoms with E-state index < -0.39 is 0 Å². The summed E-state index contributed by atoms with van der Waals surface area (Å²) in [5, 5.41) is 1.45. The Balaban J connectivity index is 2.34. The van der Waals surface area contributed by atoms with Crippen molar-refractivity contribution in [2.24, 2.45) is 11.7 Å². The number of amides is 1. The number of hydroxylamine groups is 2. The summed E-state index contributed by atoms with van der Waals surface area (Å²) in [6, 6.07) is 0. The van der Waals surface area contributed by atoms with Gasteiger partial charge in [-0.3, -0.25) is 9.63 Å². The fourth-order valence-electron chi connectivity index (χ4n) is 1.11. The van der Waals surface area contributed by atoms with Crippen LogP contribution in [0.2, 0.25) is 0 Å². The zero-order valence-electron chi connectivity index (χ0n) is 7.45. The Morgan fingerprint density at radius 2 is 2.50 bits per heavy atom. The predicted molar refractivity (Wildman–Crippen MR) is 45.1 cm³/mol. The lowest BCUT2D eigenvalue weighted by molar-refractivity contribution is -0.200. The lowest BCUT2D eigenvalue weighted by Gasteiger charge is -2.27. The number of carbonyl (C=O) groups excluding carboxylic acids is 1. The molecule has 0 spiro atoms. The van der Waals surface area contributed by atoms with E-state index in [-0.39, 0.29) is 5.91 Å². The van der Waals surface area contributed by atoms with Crippen LogP contribution in [0.5, 0.6) is 0 Å². The zero-order chi connectivity index (χ0) is 8.97. The summed E-state index contributed by atoms with van der Waals surface area (Å²) in [4.78, 5) is 16.4. The summed E-state index contributed by atoms with van der Waals surface area (Å²) in [6.45, 7) is 3.87. The molecule has 1 fully saturated rings. The van der Waals surface area contributed by atoms with Crippen molar-refractivity contribution in [2.45, 2.75) is 19.8 Å². The van der Waals surface area contributed by atoms with Gasteiger partial charge in [0.05, 0.1) is 13.2 Å². The average Bonchev–Trinajstić information content (AvgIpc) is 2.09. The van der Waals surface area contributed by atoms with Crippen LogP contribution >= 0.6 is 0 Å². The number of nitrogens with two attached hydrogens (primary N) is 1. The fourth-order valence-corrected chi connectivity index (χ4v) is 1.11. The van der Waals surface area contributed by atoms with Crippen LogP contribution in [0.25, 0.3) is 0 Å². The van der Waals surface area contributed by atoms with Crippen molar-refractivity contribution in [1.82, 2.24) is 5.06 Å². The highest BCUT2D eigenvalue weighted by molar-refractivity contribution is 5.75. The van der Waals surface area contributed by atoms with Crippen LogP contribution in [0, 0.1) is 5.92 Å². The highest BCUT2D eigenvalue weighted by atomic mass is 16.7. The second-order valence-electron chi connectivity index (χ2n) is 3.23. The molecule has 1 aliphatic heterocycles. The first-order valence-electron chi connectivity index (χ1n) is 4.37. The molecule has 1 saturated heterocycles. The molecule has 1 rings (SSSR count). The maximum atomic E-state index is 11.2. The molecule has 0 aliphatic carbocycles. The predicted octanol–water partition coefficient (Wildman–Crippen LogP) is 0.135. The van der Waals surface area contributed by atoms with Crippen LogP contribution < -0.4 is 5.73 Å². The molecule has 70 valence electrons. The first-order valence-corrected chi connectivity index (χ1v) is 4.37. The second-order valence-corrected chi connectivity index (χ2v) is 3.23. The molecule has 1 heterocycles. The minimum Gasteiger partial charge on any atom is -0.330 e. The number of hydrogen-bond donors (Lipinski definition) is 1. The molecule has 0 aromatic carbocycles. The number of rotatable bonds is 3. The summed E-state index contributed by atoms with van der Waals surface area (Å²) in [5.41, 5.74) is 5.44. The third kappa shape index (κ3) is 2.46. The van der Waals surface area contributed by atoms with Crippen molar-refractivity contribution in [3.05, 3.63) is 0 Å². The molecule has 1 aliphatic rings.